The van der Waals surface area contributed by atoms with E-state index >= 15 is 0 Å². The Kier molecular flexibility index (Phi) is 3.92. The van der Waals surface area contributed by atoms with Crippen LogP contribution >= 0.6 is 0 Å². The molecule has 0 aromatic heterocycles. The molecule has 0 radical (unpaired) electrons. The average Bonchev–Trinajstić information content (AvgIpc) is 2.40. The summed E-state index contributed by atoms with van der Waals surface area (Å²) in [5, 5.41) is 8.65. The van der Waals surface area contributed by atoms with Crippen molar-refractivity contribution in [1.82, 2.24) is 0 Å². The number of hydrogen-bond acceptors (Lipinski definition) is 5. The highest BCUT2D eigenvalue weighted by Crippen LogP contribution is 2.16. The lowest BCUT2D eigenvalue weighted by molar-refractivity contribution is -0.198. The number of nitrogens with zero attached hydrogens (tertiary/aromatic N) is 1. The van der Waals surface area contributed by atoms with Crippen LogP contribution < -0.4 is 4.74 Å². The van der Waals surface area contributed by atoms with Crippen molar-refractivity contribution in [3.05, 3.63) is 29.8 Å². The van der Waals surface area contributed by atoms with Crippen molar-refractivity contribution in [3.63, 3.8) is 0 Å². The third kappa shape index (κ3) is 3.06. The topological polar surface area (TPSA) is 68.5 Å². The van der Waals surface area contributed by atoms with Gasteiger partial charge in [0.05, 0.1) is 24.8 Å². The first kappa shape index (κ1) is 12.6. The summed E-state index contributed by atoms with van der Waals surface area (Å²) in [7, 11) is 0. The van der Waals surface area contributed by atoms with Crippen LogP contribution in [0.25, 0.3) is 0 Å². The Hall–Kier alpha value is -1.90. The Labute approximate surface area is 105 Å². The number of rotatable bonds is 2. The van der Waals surface area contributed by atoms with Gasteiger partial charge in [0, 0.05) is 0 Å². The number of hydrogen-bond donors (Lipinski definition) is 0. The lowest BCUT2D eigenvalue weighted by atomic mass is 10.1. The second-order valence-electron chi connectivity index (χ2n) is 3.99. The number of ether oxygens (including phenoxy) is 3. The van der Waals surface area contributed by atoms with Gasteiger partial charge in [-0.2, -0.15) is 5.26 Å². The molecule has 0 atom stereocenters. The number of carbonyl (C=O) groups is 1. The van der Waals surface area contributed by atoms with E-state index in [1.807, 2.05) is 6.07 Å². The molecule has 0 amide bonds. The van der Waals surface area contributed by atoms with Gasteiger partial charge in [0.1, 0.15) is 11.7 Å². The smallest absolute Gasteiger partial charge is 0.319 e. The van der Waals surface area contributed by atoms with E-state index in [4.69, 9.17) is 19.5 Å². The lowest BCUT2D eigenvalue weighted by Gasteiger charge is -2.25. The van der Waals surface area contributed by atoms with Crippen molar-refractivity contribution >= 4 is 5.97 Å². The van der Waals surface area contributed by atoms with E-state index in [0.717, 1.165) is 0 Å². The molecule has 18 heavy (non-hydrogen) atoms. The van der Waals surface area contributed by atoms with Crippen LogP contribution in [-0.2, 0) is 14.3 Å². The Morgan fingerprint density at radius 2 is 1.94 bits per heavy atom. The van der Waals surface area contributed by atoms with Gasteiger partial charge in [0.15, 0.2) is 6.29 Å². The van der Waals surface area contributed by atoms with Gasteiger partial charge >= 0.3 is 5.97 Å². The van der Waals surface area contributed by atoms with Crippen LogP contribution in [0.5, 0.6) is 5.75 Å². The Morgan fingerprint density at radius 1 is 1.33 bits per heavy atom. The van der Waals surface area contributed by atoms with Crippen molar-refractivity contribution in [2.24, 2.45) is 5.92 Å². The van der Waals surface area contributed by atoms with Crippen molar-refractivity contribution in [3.8, 4) is 11.8 Å². The quantitative estimate of drug-likeness (QED) is 0.584. The Morgan fingerprint density at radius 3 is 2.50 bits per heavy atom. The minimum absolute atomic E-state index is 0.274. The fraction of sp³-hybridized carbons (Fsp3) is 0.385. The second kappa shape index (κ2) is 5.63. The fourth-order valence-corrected chi connectivity index (χ4v) is 1.53. The van der Waals surface area contributed by atoms with Crippen LogP contribution in [0.3, 0.4) is 0 Å². The summed E-state index contributed by atoms with van der Waals surface area (Å²) in [6, 6.07) is 8.36. The van der Waals surface area contributed by atoms with Crippen LogP contribution in [0.4, 0.5) is 0 Å². The molecule has 5 nitrogen and oxygen atoms in total. The van der Waals surface area contributed by atoms with E-state index in [2.05, 4.69) is 0 Å². The van der Waals surface area contributed by atoms with Gasteiger partial charge in [-0.05, 0) is 31.2 Å². The van der Waals surface area contributed by atoms with Gasteiger partial charge in [-0.25, -0.2) is 0 Å². The zero-order chi connectivity index (χ0) is 13.0. The Bertz CT molecular complexity index is 455. The summed E-state index contributed by atoms with van der Waals surface area (Å²) in [6.07, 6.45) is -0.274. The first-order valence-corrected chi connectivity index (χ1v) is 5.64. The standard InChI is InChI=1S/C13H13NO4/c1-9-16-7-11(8-17-9)13(15)18-12-4-2-10(6-14)3-5-12/h2-5,9,11H,7-8H2,1H3. The van der Waals surface area contributed by atoms with Gasteiger partial charge in [0.2, 0.25) is 0 Å². The molecule has 1 aromatic rings. The normalized spacial score (nSPS) is 23.1. The summed E-state index contributed by atoms with van der Waals surface area (Å²) in [6.45, 7) is 2.38. The largest absolute Gasteiger partial charge is 0.426 e. The van der Waals surface area contributed by atoms with Gasteiger partial charge in [-0.3, -0.25) is 4.79 Å². The van der Waals surface area contributed by atoms with Gasteiger partial charge in [-0.15, -0.1) is 0 Å². The highest BCUT2D eigenvalue weighted by atomic mass is 16.7. The van der Waals surface area contributed by atoms with Crippen molar-refractivity contribution in [2.45, 2.75) is 13.2 Å². The molecule has 1 aliphatic heterocycles. The number of carbonyl (C=O) groups excluding carboxylic acids is 1. The van der Waals surface area contributed by atoms with E-state index in [-0.39, 0.29) is 12.3 Å². The van der Waals surface area contributed by atoms with Crippen LogP contribution in [-0.4, -0.2) is 25.5 Å². The highest BCUT2D eigenvalue weighted by molar-refractivity contribution is 5.75. The third-order valence-corrected chi connectivity index (χ3v) is 2.60. The molecule has 1 saturated heterocycles. The maximum atomic E-state index is 11.8. The fourth-order valence-electron chi connectivity index (χ4n) is 1.53. The van der Waals surface area contributed by atoms with E-state index < -0.39 is 5.92 Å². The molecule has 0 bridgehead atoms. The Balaban J connectivity index is 1.92. The predicted octanol–water partition coefficient (Wildman–Crippen LogP) is 1.47. The zero-order valence-electron chi connectivity index (χ0n) is 9.96. The molecule has 94 valence electrons. The second-order valence-corrected chi connectivity index (χ2v) is 3.99. The van der Waals surface area contributed by atoms with Crippen LogP contribution in [0.1, 0.15) is 12.5 Å². The van der Waals surface area contributed by atoms with E-state index in [1.165, 1.54) is 0 Å². The summed E-state index contributed by atoms with van der Waals surface area (Å²) < 4.78 is 15.6. The monoisotopic (exact) mass is 247 g/mol. The maximum absolute atomic E-state index is 11.8. The summed E-state index contributed by atoms with van der Waals surface area (Å²) in [4.78, 5) is 11.8. The van der Waals surface area contributed by atoms with Crippen LogP contribution in [0.2, 0.25) is 0 Å². The van der Waals surface area contributed by atoms with Gasteiger partial charge in [-0.1, -0.05) is 0 Å². The van der Waals surface area contributed by atoms with Gasteiger partial charge in [0.25, 0.3) is 0 Å². The molecular formula is C13H13NO4. The minimum atomic E-state index is -0.406. The van der Waals surface area contributed by atoms with E-state index in [9.17, 15) is 4.79 Å². The van der Waals surface area contributed by atoms with E-state index in [0.29, 0.717) is 24.5 Å². The highest BCUT2D eigenvalue weighted by Gasteiger charge is 2.27. The third-order valence-electron chi connectivity index (χ3n) is 2.60. The summed E-state index contributed by atoms with van der Waals surface area (Å²) in [5.74, 6) is -0.374. The maximum Gasteiger partial charge on any atom is 0.319 e. The molecule has 2 rings (SSSR count). The number of esters is 1. The molecular weight excluding hydrogens is 234 g/mol. The molecule has 1 aromatic carbocycles. The first-order valence-electron chi connectivity index (χ1n) is 5.64. The van der Waals surface area contributed by atoms with Crippen molar-refractivity contribution < 1.29 is 19.0 Å². The summed E-state index contributed by atoms with van der Waals surface area (Å²) >= 11 is 0. The van der Waals surface area contributed by atoms with Crippen LogP contribution in [0, 0.1) is 17.2 Å². The first-order chi connectivity index (χ1) is 8.69. The molecule has 1 heterocycles. The molecule has 0 unspecified atom stereocenters. The lowest BCUT2D eigenvalue weighted by Crippen LogP contribution is -2.37. The van der Waals surface area contributed by atoms with Crippen LogP contribution in [0.15, 0.2) is 24.3 Å². The number of nitriles is 1. The SMILES string of the molecule is CC1OCC(C(=O)Oc2ccc(C#N)cc2)CO1. The molecule has 0 saturated carbocycles. The van der Waals surface area contributed by atoms with E-state index in [1.54, 1.807) is 31.2 Å². The van der Waals surface area contributed by atoms with Gasteiger partial charge < -0.3 is 14.2 Å². The molecule has 0 aliphatic carbocycles. The zero-order valence-corrected chi connectivity index (χ0v) is 9.96. The van der Waals surface area contributed by atoms with Crippen molar-refractivity contribution in [1.29, 1.82) is 5.26 Å². The number of benzene rings is 1. The molecule has 5 heteroatoms. The molecule has 0 spiro atoms. The van der Waals surface area contributed by atoms with Crippen molar-refractivity contribution in [2.75, 3.05) is 13.2 Å². The predicted molar refractivity (Wildman–Crippen MR) is 61.6 cm³/mol. The molecule has 0 N–H and O–H groups in total. The minimum Gasteiger partial charge on any atom is -0.426 e. The molecule has 1 aliphatic rings. The summed E-state index contributed by atoms with van der Waals surface area (Å²) in [5.41, 5.74) is 0.521. The average molecular weight is 247 g/mol. The molecule has 1 fully saturated rings.